The van der Waals surface area contributed by atoms with Crippen molar-refractivity contribution in [1.29, 1.82) is 0 Å². The molecule has 2 heterocycles. The van der Waals surface area contributed by atoms with Crippen LogP contribution in [0.5, 0.6) is 5.75 Å². The second-order valence-corrected chi connectivity index (χ2v) is 10.3. The van der Waals surface area contributed by atoms with Crippen LogP contribution in [-0.2, 0) is 19.9 Å². The van der Waals surface area contributed by atoms with E-state index in [-0.39, 0.29) is 34.3 Å². The highest BCUT2D eigenvalue weighted by Crippen LogP contribution is 2.48. The third-order valence-corrected chi connectivity index (χ3v) is 7.42. The minimum absolute atomic E-state index is 0.104. The SMILES string of the molecule is COC(=O)C1(CN2CCC(C(=O)Nc3ccc(Cl)cc3OC(F)F)(n3nccc3C(C)C)CC2)CC1. The van der Waals surface area contributed by atoms with Crippen LogP contribution in [0, 0.1) is 5.41 Å². The summed E-state index contributed by atoms with van der Waals surface area (Å²) >= 11 is 5.97. The summed E-state index contributed by atoms with van der Waals surface area (Å²) in [5.74, 6) is -0.668. The van der Waals surface area contributed by atoms with Crippen LogP contribution in [0.4, 0.5) is 14.5 Å². The van der Waals surface area contributed by atoms with Crippen LogP contribution in [-0.4, -0.2) is 59.9 Å². The number of benzene rings is 1. The standard InChI is InChI=1S/C25H31ClF2N4O4/c1-16(2)19-6-11-29-32(19)25(9-12-31(13-10-25)15-24(7-8-24)22(34)35-3)21(33)30-18-5-4-17(26)14-20(18)36-23(27)28/h4-6,11,14,16,23H,7-10,12-13,15H2,1-3H3,(H,30,33). The number of ether oxygens (including phenoxy) is 2. The molecule has 1 aliphatic heterocycles. The average Bonchev–Trinajstić information content (AvgIpc) is 3.43. The van der Waals surface area contributed by atoms with Crippen molar-refractivity contribution < 1.29 is 27.8 Å². The fourth-order valence-electron chi connectivity index (χ4n) is 4.98. The van der Waals surface area contributed by atoms with E-state index >= 15 is 0 Å². The van der Waals surface area contributed by atoms with Gasteiger partial charge in [-0.15, -0.1) is 0 Å². The molecule has 8 nitrogen and oxygen atoms in total. The molecule has 0 radical (unpaired) electrons. The van der Waals surface area contributed by atoms with E-state index < -0.39 is 17.6 Å². The van der Waals surface area contributed by atoms with Crippen molar-refractivity contribution in [3.8, 4) is 5.75 Å². The number of nitrogens with one attached hydrogen (secondary N) is 1. The lowest BCUT2D eigenvalue weighted by Gasteiger charge is -2.42. The van der Waals surface area contributed by atoms with Gasteiger partial charge in [-0.2, -0.15) is 13.9 Å². The fraction of sp³-hybridized carbons (Fsp3) is 0.560. The van der Waals surface area contributed by atoms with Crippen molar-refractivity contribution in [1.82, 2.24) is 14.7 Å². The Morgan fingerprint density at radius 1 is 1.17 bits per heavy atom. The number of halogens is 3. The minimum atomic E-state index is -3.07. The van der Waals surface area contributed by atoms with Gasteiger partial charge < -0.3 is 19.7 Å². The summed E-state index contributed by atoms with van der Waals surface area (Å²) in [5, 5.41) is 7.54. The first-order valence-electron chi connectivity index (χ1n) is 12.0. The molecule has 1 N–H and O–H groups in total. The molecule has 2 aliphatic rings. The number of esters is 1. The zero-order chi connectivity index (χ0) is 26.1. The number of anilines is 1. The normalized spacial score (nSPS) is 18.8. The largest absolute Gasteiger partial charge is 0.469 e. The Bertz CT molecular complexity index is 1110. The Balaban J connectivity index is 1.61. The number of carbonyl (C=O) groups excluding carboxylic acids is 2. The van der Waals surface area contributed by atoms with Crippen molar-refractivity contribution >= 4 is 29.2 Å². The number of amides is 1. The van der Waals surface area contributed by atoms with Crippen LogP contribution in [0.15, 0.2) is 30.5 Å². The molecule has 36 heavy (non-hydrogen) atoms. The van der Waals surface area contributed by atoms with Gasteiger partial charge in [-0.05, 0) is 49.8 Å². The van der Waals surface area contributed by atoms with E-state index in [1.54, 1.807) is 10.9 Å². The van der Waals surface area contributed by atoms with Gasteiger partial charge in [0.1, 0.15) is 5.54 Å². The van der Waals surface area contributed by atoms with Gasteiger partial charge in [0.2, 0.25) is 0 Å². The number of methoxy groups -OCH3 is 1. The molecule has 0 bridgehead atoms. The predicted molar refractivity (Wildman–Crippen MR) is 130 cm³/mol. The lowest BCUT2D eigenvalue weighted by Crippen LogP contribution is -2.55. The number of nitrogens with zero attached hydrogens (tertiary/aromatic N) is 3. The molecule has 0 unspecified atom stereocenters. The van der Waals surface area contributed by atoms with E-state index in [0.29, 0.717) is 32.5 Å². The highest BCUT2D eigenvalue weighted by Gasteiger charge is 2.53. The highest BCUT2D eigenvalue weighted by atomic mass is 35.5. The molecule has 1 aromatic heterocycles. The Kier molecular flexibility index (Phi) is 7.56. The second kappa shape index (κ2) is 10.3. The van der Waals surface area contributed by atoms with Gasteiger partial charge in [0.25, 0.3) is 5.91 Å². The molecular formula is C25H31ClF2N4O4. The van der Waals surface area contributed by atoms with E-state index in [4.69, 9.17) is 16.3 Å². The summed E-state index contributed by atoms with van der Waals surface area (Å²) < 4.78 is 37.4. The van der Waals surface area contributed by atoms with E-state index in [9.17, 15) is 18.4 Å². The molecule has 0 atom stereocenters. The number of likely N-dealkylation sites (tertiary alicyclic amines) is 1. The quantitative estimate of drug-likeness (QED) is 0.481. The maximum absolute atomic E-state index is 13.9. The molecule has 2 fully saturated rings. The number of hydrogen-bond acceptors (Lipinski definition) is 6. The third-order valence-electron chi connectivity index (χ3n) is 7.18. The van der Waals surface area contributed by atoms with Crippen LogP contribution < -0.4 is 10.1 Å². The summed E-state index contributed by atoms with van der Waals surface area (Å²) in [5.41, 5.74) is -0.515. The monoisotopic (exact) mass is 524 g/mol. The van der Waals surface area contributed by atoms with Gasteiger partial charge >= 0.3 is 12.6 Å². The molecule has 1 amide bonds. The first-order chi connectivity index (χ1) is 17.1. The lowest BCUT2D eigenvalue weighted by atomic mass is 9.85. The van der Waals surface area contributed by atoms with Gasteiger partial charge in [0, 0.05) is 42.6 Å². The van der Waals surface area contributed by atoms with Gasteiger partial charge in [0.05, 0.1) is 18.2 Å². The first-order valence-corrected chi connectivity index (χ1v) is 12.4. The molecule has 1 saturated heterocycles. The number of rotatable bonds is 9. The lowest BCUT2D eigenvalue weighted by molar-refractivity contribution is -0.148. The predicted octanol–water partition coefficient (Wildman–Crippen LogP) is 4.64. The van der Waals surface area contributed by atoms with Crippen LogP contribution in [0.25, 0.3) is 0 Å². The van der Waals surface area contributed by atoms with Crippen LogP contribution >= 0.6 is 11.6 Å². The van der Waals surface area contributed by atoms with Crippen molar-refractivity contribution in [3.63, 3.8) is 0 Å². The maximum Gasteiger partial charge on any atom is 0.387 e. The number of alkyl halides is 2. The van der Waals surface area contributed by atoms with Crippen LogP contribution in [0.3, 0.4) is 0 Å². The van der Waals surface area contributed by atoms with Gasteiger partial charge in [-0.25, -0.2) is 0 Å². The summed E-state index contributed by atoms with van der Waals surface area (Å²) in [7, 11) is 1.40. The molecule has 0 spiro atoms. The Hall–Kier alpha value is -2.72. The van der Waals surface area contributed by atoms with Gasteiger partial charge in [-0.1, -0.05) is 25.4 Å². The summed E-state index contributed by atoms with van der Waals surface area (Å²) in [6, 6.07) is 6.07. The topological polar surface area (TPSA) is 85.7 Å². The smallest absolute Gasteiger partial charge is 0.387 e. The number of aromatic nitrogens is 2. The Morgan fingerprint density at radius 2 is 1.86 bits per heavy atom. The van der Waals surface area contributed by atoms with Crippen LogP contribution in [0.2, 0.25) is 5.02 Å². The van der Waals surface area contributed by atoms with Crippen molar-refractivity contribution in [2.45, 2.75) is 57.6 Å². The molecular weight excluding hydrogens is 494 g/mol. The summed E-state index contributed by atoms with van der Waals surface area (Å²) in [6.45, 7) is 2.68. The molecule has 1 aromatic carbocycles. The average molecular weight is 525 g/mol. The molecule has 1 saturated carbocycles. The fourth-order valence-corrected chi connectivity index (χ4v) is 5.14. The molecule has 11 heteroatoms. The van der Waals surface area contributed by atoms with Crippen molar-refractivity contribution in [2.75, 3.05) is 32.1 Å². The summed E-state index contributed by atoms with van der Waals surface area (Å²) in [6.07, 6.45) is 4.11. The third kappa shape index (κ3) is 5.20. The zero-order valence-corrected chi connectivity index (χ0v) is 21.4. The van der Waals surface area contributed by atoms with Crippen molar-refractivity contribution in [2.24, 2.45) is 5.41 Å². The van der Waals surface area contributed by atoms with E-state index in [1.165, 1.54) is 25.3 Å². The number of piperidine rings is 1. The second-order valence-electron chi connectivity index (χ2n) is 9.88. The Labute approximate surface area is 213 Å². The summed E-state index contributed by atoms with van der Waals surface area (Å²) in [4.78, 5) is 28.3. The van der Waals surface area contributed by atoms with E-state index in [1.807, 2.05) is 19.9 Å². The molecule has 1 aliphatic carbocycles. The number of carbonyl (C=O) groups is 2. The van der Waals surface area contributed by atoms with Crippen LogP contribution in [0.1, 0.15) is 51.1 Å². The number of hydrogen-bond donors (Lipinski definition) is 1. The highest BCUT2D eigenvalue weighted by molar-refractivity contribution is 6.30. The van der Waals surface area contributed by atoms with E-state index in [2.05, 4.69) is 20.1 Å². The van der Waals surface area contributed by atoms with Crippen molar-refractivity contribution in [3.05, 3.63) is 41.2 Å². The van der Waals surface area contributed by atoms with Gasteiger partial charge in [-0.3, -0.25) is 14.3 Å². The Morgan fingerprint density at radius 3 is 2.44 bits per heavy atom. The molecule has 2 aromatic rings. The van der Waals surface area contributed by atoms with Gasteiger partial charge in [0.15, 0.2) is 5.75 Å². The molecule has 196 valence electrons. The minimum Gasteiger partial charge on any atom is -0.469 e. The molecule has 4 rings (SSSR count). The zero-order valence-electron chi connectivity index (χ0n) is 20.6. The first kappa shape index (κ1) is 26.3. The van der Waals surface area contributed by atoms with E-state index in [0.717, 1.165) is 18.5 Å². The maximum atomic E-state index is 13.9.